The second-order valence-electron chi connectivity index (χ2n) is 5.35. The van der Waals surface area contributed by atoms with Crippen LogP contribution in [0.15, 0.2) is 24.3 Å². The molecule has 0 aromatic heterocycles. The lowest BCUT2D eigenvalue weighted by atomic mass is 10.1. The highest BCUT2D eigenvalue weighted by molar-refractivity contribution is 5.51. The number of benzene rings is 1. The average molecular weight is 262 g/mol. The molecule has 3 nitrogen and oxygen atoms in total. The van der Waals surface area contributed by atoms with Crippen LogP contribution in [0.25, 0.3) is 0 Å². The Hall–Kier alpha value is -1.06. The maximum atomic E-state index is 5.47. The lowest BCUT2D eigenvalue weighted by Gasteiger charge is -2.21. The fourth-order valence-electron chi connectivity index (χ4n) is 2.58. The molecule has 1 saturated heterocycles. The largest absolute Gasteiger partial charge is 0.380 e. The summed E-state index contributed by atoms with van der Waals surface area (Å²) in [5.74, 6) is 0. The molecule has 1 N–H and O–H groups in total. The van der Waals surface area contributed by atoms with Gasteiger partial charge in [-0.15, -0.1) is 0 Å². The van der Waals surface area contributed by atoms with E-state index in [4.69, 9.17) is 4.74 Å². The molecule has 1 fully saturated rings. The summed E-state index contributed by atoms with van der Waals surface area (Å²) >= 11 is 0. The van der Waals surface area contributed by atoms with E-state index >= 15 is 0 Å². The second-order valence-corrected chi connectivity index (χ2v) is 5.35. The summed E-state index contributed by atoms with van der Waals surface area (Å²) < 4.78 is 5.47. The van der Waals surface area contributed by atoms with Crippen LogP contribution < -0.4 is 5.32 Å². The lowest BCUT2D eigenvalue weighted by molar-refractivity contribution is 0.141. The Bertz CT molecular complexity index is 375. The van der Waals surface area contributed by atoms with Crippen molar-refractivity contribution in [3.05, 3.63) is 29.8 Å². The Kier molecular flexibility index (Phi) is 5.67. The van der Waals surface area contributed by atoms with Gasteiger partial charge in [0.25, 0.3) is 0 Å². The number of para-hydroxylation sites is 1. The molecule has 106 valence electrons. The van der Waals surface area contributed by atoms with Crippen molar-refractivity contribution >= 4 is 5.69 Å². The summed E-state index contributed by atoms with van der Waals surface area (Å²) in [4.78, 5) is 2.54. The summed E-state index contributed by atoms with van der Waals surface area (Å²) in [7, 11) is 0. The first kappa shape index (κ1) is 14.4. The van der Waals surface area contributed by atoms with Gasteiger partial charge < -0.3 is 10.1 Å². The highest BCUT2D eigenvalue weighted by atomic mass is 16.5. The summed E-state index contributed by atoms with van der Waals surface area (Å²) in [5.41, 5.74) is 2.65. The van der Waals surface area contributed by atoms with Crippen molar-refractivity contribution in [2.45, 2.75) is 39.3 Å². The molecule has 0 saturated carbocycles. The first-order valence-corrected chi connectivity index (χ1v) is 7.44. The van der Waals surface area contributed by atoms with E-state index in [-0.39, 0.29) is 0 Å². The predicted molar refractivity (Wildman–Crippen MR) is 80.5 cm³/mol. The number of anilines is 1. The predicted octanol–water partition coefficient (Wildman–Crippen LogP) is 3.12. The first-order valence-electron chi connectivity index (χ1n) is 7.44. The standard InChI is InChI=1S/C16H26N2O/c1-3-19-13-14(2)17-16-9-5-4-8-15(16)12-18-10-6-7-11-18/h4-5,8-9,14,17H,3,6-7,10-13H2,1-2H3. The molecule has 2 rings (SSSR count). The van der Waals surface area contributed by atoms with Gasteiger partial charge in [0, 0.05) is 24.9 Å². The number of nitrogens with zero attached hydrogens (tertiary/aromatic N) is 1. The van der Waals surface area contributed by atoms with E-state index in [1.54, 1.807) is 0 Å². The van der Waals surface area contributed by atoms with Gasteiger partial charge in [-0.2, -0.15) is 0 Å². The average Bonchev–Trinajstić information content (AvgIpc) is 2.91. The third-order valence-electron chi connectivity index (χ3n) is 3.58. The minimum atomic E-state index is 0.347. The van der Waals surface area contributed by atoms with Crippen LogP contribution in [-0.2, 0) is 11.3 Å². The van der Waals surface area contributed by atoms with Crippen molar-refractivity contribution in [3.63, 3.8) is 0 Å². The molecule has 1 aliphatic heterocycles. The smallest absolute Gasteiger partial charge is 0.0664 e. The molecule has 0 aliphatic carbocycles. The Morgan fingerprint density at radius 1 is 1.26 bits per heavy atom. The number of rotatable bonds is 7. The zero-order valence-electron chi connectivity index (χ0n) is 12.2. The van der Waals surface area contributed by atoms with Crippen molar-refractivity contribution in [2.24, 2.45) is 0 Å². The molecule has 19 heavy (non-hydrogen) atoms. The van der Waals surface area contributed by atoms with Crippen LogP contribution in [0.5, 0.6) is 0 Å². The highest BCUT2D eigenvalue weighted by Gasteiger charge is 2.14. The van der Waals surface area contributed by atoms with Gasteiger partial charge in [0.2, 0.25) is 0 Å². The second kappa shape index (κ2) is 7.51. The monoisotopic (exact) mass is 262 g/mol. The molecule has 0 spiro atoms. The molecule has 1 heterocycles. The molecule has 1 aromatic rings. The fourth-order valence-corrected chi connectivity index (χ4v) is 2.58. The molecule has 1 aliphatic rings. The number of nitrogens with one attached hydrogen (secondary N) is 1. The van der Waals surface area contributed by atoms with Gasteiger partial charge in [0.1, 0.15) is 0 Å². The molecule has 0 bridgehead atoms. The molecular weight excluding hydrogens is 236 g/mol. The summed E-state index contributed by atoms with van der Waals surface area (Å²) in [6, 6.07) is 8.98. The van der Waals surface area contributed by atoms with Crippen LogP contribution in [-0.4, -0.2) is 37.2 Å². The first-order chi connectivity index (χ1) is 9.29. The van der Waals surface area contributed by atoms with Gasteiger partial charge in [-0.25, -0.2) is 0 Å². The van der Waals surface area contributed by atoms with Crippen molar-refractivity contribution in [3.8, 4) is 0 Å². The third kappa shape index (κ3) is 4.51. The molecular formula is C16H26N2O. The number of likely N-dealkylation sites (tertiary alicyclic amines) is 1. The highest BCUT2D eigenvalue weighted by Crippen LogP contribution is 2.20. The zero-order chi connectivity index (χ0) is 13.5. The summed E-state index contributed by atoms with van der Waals surface area (Å²) in [6.07, 6.45) is 2.69. The van der Waals surface area contributed by atoms with Crippen LogP contribution in [0.2, 0.25) is 0 Å². The topological polar surface area (TPSA) is 24.5 Å². The van der Waals surface area contributed by atoms with Crippen molar-refractivity contribution < 1.29 is 4.74 Å². The van der Waals surface area contributed by atoms with Crippen LogP contribution in [0, 0.1) is 0 Å². The Morgan fingerprint density at radius 2 is 2.00 bits per heavy atom. The van der Waals surface area contributed by atoms with Crippen molar-refractivity contribution in [1.29, 1.82) is 0 Å². The van der Waals surface area contributed by atoms with Crippen LogP contribution in [0.4, 0.5) is 5.69 Å². The van der Waals surface area contributed by atoms with Gasteiger partial charge in [-0.3, -0.25) is 4.90 Å². The Balaban J connectivity index is 1.94. The quantitative estimate of drug-likeness (QED) is 0.817. The van der Waals surface area contributed by atoms with Crippen molar-refractivity contribution in [1.82, 2.24) is 4.90 Å². The maximum absolute atomic E-state index is 5.47. The van der Waals surface area contributed by atoms with Gasteiger partial charge in [0.05, 0.1) is 6.61 Å². The number of hydrogen-bond donors (Lipinski definition) is 1. The number of ether oxygens (including phenoxy) is 1. The van der Waals surface area contributed by atoms with Crippen LogP contribution in [0.3, 0.4) is 0 Å². The summed E-state index contributed by atoms with van der Waals surface area (Å²) in [6.45, 7) is 9.28. The van der Waals surface area contributed by atoms with Crippen LogP contribution >= 0.6 is 0 Å². The van der Waals surface area contributed by atoms with E-state index in [1.807, 2.05) is 6.92 Å². The van der Waals surface area contributed by atoms with Gasteiger partial charge in [-0.05, 0) is 51.4 Å². The third-order valence-corrected chi connectivity index (χ3v) is 3.58. The molecule has 0 amide bonds. The number of hydrogen-bond acceptors (Lipinski definition) is 3. The molecule has 1 unspecified atom stereocenters. The van der Waals surface area contributed by atoms with Gasteiger partial charge in [-0.1, -0.05) is 18.2 Å². The van der Waals surface area contributed by atoms with Crippen LogP contribution in [0.1, 0.15) is 32.3 Å². The van der Waals surface area contributed by atoms with E-state index in [0.717, 1.165) is 19.8 Å². The molecule has 1 aromatic carbocycles. The SMILES string of the molecule is CCOCC(C)Nc1ccccc1CN1CCCC1. The Labute approximate surface area is 116 Å². The molecule has 3 heteroatoms. The van der Waals surface area contributed by atoms with E-state index in [9.17, 15) is 0 Å². The normalized spacial score (nSPS) is 17.6. The maximum Gasteiger partial charge on any atom is 0.0664 e. The summed E-state index contributed by atoms with van der Waals surface area (Å²) in [5, 5.41) is 3.57. The van der Waals surface area contributed by atoms with E-state index < -0.39 is 0 Å². The van der Waals surface area contributed by atoms with Gasteiger partial charge in [0.15, 0.2) is 0 Å². The van der Waals surface area contributed by atoms with Gasteiger partial charge >= 0.3 is 0 Å². The zero-order valence-corrected chi connectivity index (χ0v) is 12.2. The van der Waals surface area contributed by atoms with E-state index in [1.165, 1.54) is 37.2 Å². The van der Waals surface area contributed by atoms with E-state index in [0.29, 0.717) is 6.04 Å². The van der Waals surface area contributed by atoms with E-state index in [2.05, 4.69) is 41.4 Å². The molecule has 1 atom stereocenters. The molecule has 0 radical (unpaired) electrons. The minimum Gasteiger partial charge on any atom is -0.380 e. The van der Waals surface area contributed by atoms with Crippen molar-refractivity contribution in [2.75, 3.05) is 31.6 Å². The Morgan fingerprint density at radius 3 is 2.74 bits per heavy atom. The fraction of sp³-hybridized carbons (Fsp3) is 0.625. The lowest BCUT2D eigenvalue weighted by Crippen LogP contribution is -2.24. The minimum absolute atomic E-state index is 0.347.